The maximum absolute atomic E-state index is 5.79. The van der Waals surface area contributed by atoms with Crippen LogP contribution in [0.15, 0.2) is 24.3 Å². The molecule has 2 N–H and O–H groups in total. The van der Waals surface area contributed by atoms with E-state index in [0.29, 0.717) is 4.99 Å². The van der Waals surface area contributed by atoms with Crippen LogP contribution in [0.4, 0.5) is 5.69 Å². The van der Waals surface area contributed by atoms with E-state index in [1.54, 1.807) is 0 Å². The van der Waals surface area contributed by atoms with Crippen LogP contribution in [0.25, 0.3) is 0 Å². The summed E-state index contributed by atoms with van der Waals surface area (Å²) in [6.07, 6.45) is 6.90. The van der Waals surface area contributed by atoms with Gasteiger partial charge in [0.1, 0.15) is 4.99 Å². The van der Waals surface area contributed by atoms with Crippen LogP contribution in [0.5, 0.6) is 0 Å². The molecular formula is C15H22N2S. The lowest BCUT2D eigenvalue weighted by atomic mass is 9.89. The number of hydrogen-bond acceptors (Lipinski definition) is 2. The van der Waals surface area contributed by atoms with E-state index in [2.05, 4.69) is 24.1 Å². The van der Waals surface area contributed by atoms with Gasteiger partial charge in [0.2, 0.25) is 0 Å². The Labute approximate surface area is 115 Å². The first-order chi connectivity index (χ1) is 8.68. The Hall–Kier alpha value is -1.09. The van der Waals surface area contributed by atoms with Gasteiger partial charge in [-0.15, -0.1) is 0 Å². The summed E-state index contributed by atoms with van der Waals surface area (Å²) in [6.45, 7) is 1.11. The predicted octanol–water partition coefficient (Wildman–Crippen LogP) is 3.34. The number of benzene rings is 1. The van der Waals surface area contributed by atoms with Crippen LogP contribution < -0.4 is 10.6 Å². The standard InChI is InChI=1S/C15H22N2S/c1-17(11-12-7-3-2-4-8-12)14-10-6-5-9-13(14)15(16)18/h5-6,9-10,12H,2-4,7-8,11H2,1H3,(H2,16,18). The molecule has 1 fully saturated rings. The molecule has 2 rings (SSSR count). The van der Waals surface area contributed by atoms with E-state index in [0.717, 1.165) is 23.7 Å². The smallest absolute Gasteiger partial charge is 0.106 e. The summed E-state index contributed by atoms with van der Waals surface area (Å²) in [5.74, 6) is 0.822. The number of nitrogens with zero attached hydrogens (tertiary/aromatic N) is 1. The first kappa shape index (κ1) is 13.3. The molecule has 1 aromatic carbocycles. The molecule has 0 spiro atoms. The van der Waals surface area contributed by atoms with Gasteiger partial charge in [0.25, 0.3) is 0 Å². The van der Waals surface area contributed by atoms with Gasteiger partial charge in [-0.25, -0.2) is 0 Å². The molecule has 0 bridgehead atoms. The molecule has 0 unspecified atom stereocenters. The number of hydrogen-bond donors (Lipinski definition) is 1. The molecule has 1 aromatic rings. The summed E-state index contributed by atoms with van der Waals surface area (Å²) in [6, 6.07) is 8.16. The summed E-state index contributed by atoms with van der Waals surface area (Å²) in [4.78, 5) is 2.80. The van der Waals surface area contributed by atoms with Crippen molar-refractivity contribution in [3.63, 3.8) is 0 Å². The topological polar surface area (TPSA) is 29.3 Å². The maximum atomic E-state index is 5.79. The molecule has 1 aliphatic rings. The molecule has 0 heterocycles. The number of nitrogens with two attached hydrogens (primary N) is 1. The Morgan fingerprint density at radius 2 is 1.94 bits per heavy atom. The third-order valence-corrected chi connectivity index (χ3v) is 4.06. The summed E-state index contributed by atoms with van der Waals surface area (Å²) < 4.78 is 0. The molecule has 0 atom stereocenters. The molecule has 0 aliphatic heterocycles. The fourth-order valence-electron chi connectivity index (χ4n) is 2.87. The van der Waals surface area contributed by atoms with Gasteiger partial charge in [0.15, 0.2) is 0 Å². The average molecular weight is 262 g/mol. The minimum Gasteiger partial charge on any atom is -0.389 e. The van der Waals surface area contributed by atoms with Crippen molar-refractivity contribution < 1.29 is 0 Å². The normalized spacial score (nSPS) is 16.5. The fourth-order valence-corrected chi connectivity index (χ4v) is 3.04. The van der Waals surface area contributed by atoms with Crippen molar-refractivity contribution in [2.45, 2.75) is 32.1 Å². The lowest BCUT2D eigenvalue weighted by Gasteiger charge is -2.29. The van der Waals surface area contributed by atoms with E-state index < -0.39 is 0 Å². The quantitative estimate of drug-likeness (QED) is 0.844. The maximum Gasteiger partial charge on any atom is 0.106 e. The van der Waals surface area contributed by atoms with Gasteiger partial charge in [0.05, 0.1) is 0 Å². The Morgan fingerprint density at radius 3 is 2.61 bits per heavy atom. The molecule has 98 valence electrons. The highest BCUT2D eigenvalue weighted by Crippen LogP contribution is 2.27. The van der Waals surface area contributed by atoms with Crippen molar-refractivity contribution in [1.29, 1.82) is 0 Å². The SMILES string of the molecule is CN(CC1CCCCC1)c1ccccc1C(N)=S. The predicted molar refractivity (Wildman–Crippen MR) is 82.2 cm³/mol. The third-order valence-electron chi connectivity index (χ3n) is 3.84. The highest BCUT2D eigenvalue weighted by atomic mass is 32.1. The number of para-hydroxylation sites is 1. The van der Waals surface area contributed by atoms with E-state index in [4.69, 9.17) is 18.0 Å². The van der Waals surface area contributed by atoms with Crippen LogP contribution in [-0.2, 0) is 0 Å². The molecule has 3 heteroatoms. The zero-order valence-corrected chi connectivity index (χ0v) is 11.9. The van der Waals surface area contributed by atoms with Gasteiger partial charge in [-0.05, 0) is 30.9 Å². The highest BCUT2D eigenvalue weighted by Gasteiger charge is 2.17. The van der Waals surface area contributed by atoms with Gasteiger partial charge < -0.3 is 10.6 Å². The number of anilines is 1. The third kappa shape index (κ3) is 3.22. The van der Waals surface area contributed by atoms with Crippen LogP contribution in [-0.4, -0.2) is 18.6 Å². The first-order valence-corrected chi connectivity index (χ1v) is 7.19. The Balaban J connectivity index is 2.08. The van der Waals surface area contributed by atoms with Crippen LogP contribution in [0, 0.1) is 5.92 Å². The summed E-state index contributed by atoms with van der Waals surface area (Å²) >= 11 is 5.12. The highest BCUT2D eigenvalue weighted by molar-refractivity contribution is 7.80. The summed E-state index contributed by atoms with van der Waals surface area (Å²) in [5.41, 5.74) is 7.94. The number of rotatable bonds is 4. The Kier molecular flexibility index (Phi) is 4.59. The lowest BCUT2D eigenvalue weighted by molar-refractivity contribution is 0.362. The summed E-state index contributed by atoms with van der Waals surface area (Å²) in [5, 5.41) is 0. The van der Waals surface area contributed by atoms with Crippen LogP contribution >= 0.6 is 12.2 Å². The first-order valence-electron chi connectivity index (χ1n) is 6.78. The van der Waals surface area contributed by atoms with Crippen molar-refractivity contribution in [3.05, 3.63) is 29.8 Å². The molecule has 0 amide bonds. The van der Waals surface area contributed by atoms with Crippen LogP contribution in [0.3, 0.4) is 0 Å². The second kappa shape index (κ2) is 6.19. The van der Waals surface area contributed by atoms with E-state index in [1.165, 1.54) is 32.1 Å². The molecule has 0 aromatic heterocycles. The van der Waals surface area contributed by atoms with E-state index in [9.17, 15) is 0 Å². The molecule has 1 aliphatic carbocycles. The van der Waals surface area contributed by atoms with Crippen molar-refractivity contribution in [3.8, 4) is 0 Å². The largest absolute Gasteiger partial charge is 0.389 e. The summed E-state index contributed by atoms with van der Waals surface area (Å²) in [7, 11) is 2.14. The average Bonchev–Trinajstić information content (AvgIpc) is 2.40. The Bertz CT molecular complexity index is 411. The van der Waals surface area contributed by atoms with Crippen molar-refractivity contribution in [1.82, 2.24) is 0 Å². The van der Waals surface area contributed by atoms with E-state index in [1.807, 2.05) is 12.1 Å². The lowest BCUT2D eigenvalue weighted by Crippen LogP contribution is -2.28. The number of thiocarbonyl (C=S) groups is 1. The van der Waals surface area contributed by atoms with Gasteiger partial charge in [-0.1, -0.05) is 43.6 Å². The van der Waals surface area contributed by atoms with Crippen molar-refractivity contribution in [2.24, 2.45) is 11.7 Å². The van der Waals surface area contributed by atoms with E-state index >= 15 is 0 Å². The minimum atomic E-state index is 0.487. The Morgan fingerprint density at radius 1 is 1.28 bits per heavy atom. The van der Waals surface area contributed by atoms with Gasteiger partial charge in [0, 0.05) is 24.8 Å². The molecule has 1 saturated carbocycles. The molecule has 0 saturated heterocycles. The molecule has 18 heavy (non-hydrogen) atoms. The van der Waals surface area contributed by atoms with Crippen LogP contribution in [0.1, 0.15) is 37.7 Å². The zero-order chi connectivity index (χ0) is 13.0. The molecular weight excluding hydrogens is 240 g/mol. The van der Waals surface area contributed by atoms with Gasteiger partial charge in [-0.2, -0.15) is 0 Å². The van der Waals surface area contributed by atoms with Crippen molar-refractivity contribution >= 4 is 22.9 Å². The van der Waals surface area contributed by atoms with Crippen molar-refractivity contribution in [2.75, 3.05) is 18.5 Å². The molecule has 0 radical (unpaired) electrons. The van der Waals surface area contributed by atoms with E-state index in [-0.39, 0.29) is 0 Å². The fraction of sp³-hybridized carbons (Fsp3) is 0.533. The zero-order valence-electron chi connectivity index (χ0n) is 11.1. The minimum absolute atomic E-state index is 0.487. The van der Waals surface area contributed by atoms with Gasteiger partial charge in [-0.3, -0.25) is 0 Å². The second-order valence-electron chi connectivity index (χ2n) is 5.27. The molecule has 2 nitrogen and oxygen atoms in total. The van der Waals surface area contributed by atoms with Crippen LogP contribution in [0.2, 0.25) is 0 Å². The second-order valence-corrected chi connectivity index (χ2v) is 5.71. The van der Waals surface area contributed by atoms with Gasteiger partial charge >= 0.3 is 0 Å². The monoisotopic (exact) mass is 262 g/mol.